The second-order valence-corrected chi connectivity index (χ2v) is 11.8. The summed E-state index contributed by atoms with van der Waals surface area (Å²) in [7, 11) is -4.07. The van der Waals surface area contributed by atoms with Gasteiger partial charge < -0.3 is 4.57 Å². The van der Waals surface area contributed by atoms with Gasteiger partial charge in [0.1, 0.15) is 23.3 Å². The summed E-state index contributed by atoms with van der Waals surface area (Å²) in [6.45, 7) is 0.851. The normalized spacial score (nSPS) is 12.3. The van der Waals surface area contributed by atoms with Crippen LogP contribution >= 0.6 is 0 Å². The Morgan fingerprint density at radius 2 is 1.45 bits per heavy atom. The average molecular weight is 641 g/mol. The van der Waals surface area contributed by atoms with E-state index in [0.29, 0.717) is 22.8 Å². The van der Waals surface area contributed by atoms with Crippen LogP contribution in [0.25, 0.3) is 22.4 Å². The molecule has 0 saturated heterocycles. The van der Waals surface area contributed by atoms with E-state index in [-0.39, 0.29) is 28.7 Å². The number of nitriles is 1. The van der Waals surface area contributed by atoms with E-state index in [1.165, 1.54) is 30.3 Å². The highest BCUT2D eigenvalue weighted by molar-refractivity contribution is 7.91. The van der Waals surface area contributed by atoms with Crippen LogP contribution in [0.4, 0.5) is 35.1 Å². The summed E-state index contributed by atoms with van der Waals surface area (Å²) in [5, 5.41) is 9.35. The number of pyridine rings is 1. The van der Waals surface area contributed by atoms with Crippen LogP contribution in [0.2, 0.25) is 0 Å². The van der Waals surface area contributed by atoms with Crippen LogP contribution in [-0.2, 0) is 28.7 Å². The van der Waals surface area contributed by atoms with Gasteiger partial charge >= 0.3 is 12.4 Å². The van der Waals surface area contributed by atoms with Gasteiger partial charge in [0, 0.05) is 11.6 Å². The lowest BCUT2D eigenvalue weighted by Crippen LogP contribution is -2.29. The molecule has 0 bridgehead atoms. The van der Waals surface area contributed by atoms with Crippen molar-refractivity contribution in [3.63, 3.8) is 0 Å². The van der Waals surface area contributed by atoms with Crippen molar-refractivity contribution in [2.24, 2.45) is 0 Å². The van der Waals surface area contributed by atoms with Crippen LogP contribution < -0.4 is 5.56 Å². The van der Waals surface area contributed by atoms with Gasteiger partial charge in [-0.25, -0.2) is 17.2 Å². The summed E-state index contributed by atoms with van der Waals surface area (Å²) in [4.78, 5) is 12.6. The lowest BCUT2D eigenvalue weighted by Gasteiger charge is -2.18. The van der Waals surface area contributed by atoms with Crippen molar-refractivity contribution in [3.05, 3.63) is 111 Å². The quantitative estimate of drug-likeness (QED) is 0.195. The average Bonchev–Trinajstić information content (AvgIpc) is 2.94. The monoisotopic (exact) mass is 640 g/mol. The molecule has 0 radical (unpaired) electrons. The number of rotatable bonds is 7. The molecule has 0 aliphatic heterocycles. The van der Waals surface area contributed by atoms with Crippen molar-refractivity contribution >= 4 is 9.84 Å². The van der Waals surface area contributed by atoms with Crippen LogP contribution in [0.15, 0.2) is 76.4 Å². The number of aromatic nitrogens is 1. The Balaban J connectivity index is 1.91. The van der Waals surface area contributed by atoms with E-state index in [4.69, 9.17) is 0 Å². The summed E-state index contributed by atoms with van der Waals surface area (Å²) in [5.74, 6) is -2.45. The van der Waals surface area contributed by atoms with E-state index in [9.17, 15) is 53.6 Å². The van der Waals surface area contributed by atoms with Crippen molar-refractivity contribution in [1.29, 1.82) is 5.26 Å². The zero-order valence-electron chi connectivity index (χ0n) is 22.5. The molecule has 0 N–H and O–H groups in total. The first-order chi connectivity index (χ1) is 20.5. The zero-order chi connectivity index (χ0) is 32.6. The molecule has 0 atom stereocenters. The molecule has 0 amide bonds. The molecule has 44 heavy (non-hydrogen) atoms. The van der Waals surface area contributed by atoms with Crippen molar-refractivity contribution in [2.45, 2.75) is 37.1 Å². The van der Waals surface area contributed by atoms with Gasteiger partial charge in [-0.15, -0.1) is 0 Å². The molecule has 0 spiro atoms. The lowest BCUT2D eigenvalue weighted by molar-refractivity contribution is -0.138. The van der Waals surface area contributed by atoms with Crippen LogP contribution in [0.3, 0.4) is 0 Å². The third-order valence-electron chi connectivity index (χ3n) is 6.64. The predicted octanol–water partition coefficient (Wildman–Crippen LogP) is 7.60. The molecule has 0 unspecified atom stereocenters. The van der Waals surface area contributed by atoms with Crippen LogP contribution in [0.1, 0.15) is 35.6 Å². The lowest BCUT2D eigenvalue weighted by atomic mass is 9.99. The van der Waals surface area contributed by atoms with E-state index in [1.54, 1.807) is 6.92 Å². The van der Waals surface area contributed by atoms with Gasteiger partial charge in [0.25, 0.3) is 5.56 Å². The predicted molar refractivity (Wildman–Crippen MR) is 144 cm³/mol. The van der Waals surface area contributed by atoms with Gasteiger partial charge in [0.05, 0.1) is 34.0 Å². The summed E-state index contributed by atoms with van der Waals surface area (Å²) in [6, 6.07) is 11.1. The molecule has 5 nitrogen and oxygen atoms in total. The van der Waals surface area contributed by atoms with E-state index in [1.807, 2.05) is 0 Å². The number of hydrogen-bond acceptors (Lipinski definition) is 4. The SMILES string of the molecule is CCCS(=O)(=O)c1cc(-c2ccc(-c3cc(C(F)(F)F)c(C#N)c(=O)n3Cc3ccc(F)cc3F)cc2)cc(C(F)(F)F)c1. The Hall–Kier alpha value is -4.51. The number of benzene rings is 3. The van der Waals surface area contributed by atoms with Gasteiger partial charge in [0.2, 0.25) is 0 Å². The van der Waals surface area contributed by atoms with Crippen molar-refractivity contribution in [2.75, 3.05) is 5.75 Å². The molecule has 1 aromatic heterocycles. The van der Waals surface area contributed by atoms with Gasteiger partial charge in [0.15, 0.2) is 9.84 Å². The van der Waals surface area contributed by atoms with Crippen LogP contribution in [0.5, 0.6) is 0 Å². The molecule has 1 heterocycles. The van der Waals surface area contributed by atoms with Crippen molar-refractivity contribution in [1.82, 2.24) is 4.57 Å². The number of sulfone groups is 1. The van der Waals surface area contributed by atoms with Gasteiger partial charge in [-0.2, -0.15) is 31.6 Å². The summed E-state index contributed by atoms with van der Waals surface area (Å²) < 4.78 is 136. The highest BCUT2D eigenvalue weighted by atomic mass is 32.2. The Bertz CT molecular complexity index is 1940. The van der Waals surface area contributed by atoms with Crippen LogP contribution in [-0.4, -0.2) is 18.7 Å². The molecule has 0 saturated carbocycles. The maximum Gasteiger partial charge on any atom is 0.417 e. The molecule has 14 heteroatoms. The number of halogens is 8. The third kappa shape index (κ3) is 6.67. The Morgan fingerprint density at radius 1 is 0.818 bits per heavy atom. The Kier molecular flexibility index (Phi) is 8.75. The van der Waals surface area contributed by atoms with Gasteiger partial charge in [-0.1, -0.05) is 37.3 Å². The molecule has 0 aliphatic rings. The summed E-state index contributed by atoms with van der Waals surface area (Å²) >= 11 is 0. The van der Waals surface area contributed by atoms with Crippen LogP contribution in [0, 0.1) is 23.0 Å². The molecular weight excluding hydrogens is 620 g/mol. The minimum atomic E-state index is -5.14. The zero-order valence-corrected chi connectivity index (χ0v) is 23.3. The molecule has 0 fully saturated rings. The smallest absolute Gasteiger partial charge is 0.303 e. The number of hydrogen-bond donors (Lipinski definition) is 0. The third-order valence-corrected chi connectivity index (χ3v) is 8.54. The first kappa shape index (κ1) is 32.4. The first-order valence-corrected chi connectivity index (χ1v) is 14.4. The minimum Gasteiger partial charge on any atom is -0.303 e. The standard InChI is InChI=1S/C30H20F8N2O3S/c1-2-9-44(42,43)23-11-20(10-21(12-23)29(33,34)35)17-3-5-18(6-4-17)27-14-25(30(36,37)38)24(15-39)28(41)40(27)16-19-7-8-22(31)13-26(19)32/h3-8,10-14H,2,9,16H2,1H3. The Morgan fingerprint density at radius 3 is 2.00 bits per heavy atom. The number of nitrogens with zero attached hydrogens (tertiary/aromatic N) is 2. The van der Waals surface area contributed by atoms with E-state index < -0.39 is 79.0 Å². The fraction of sp³-hybridized carbons (Fsp3) is 0.200. The van der Waals surface area contributed by atoms with E-state index in [2.05, 4.69) is 0 Å². The maximum absolute atomic E-state index is 14.5. The molecule has 4 aromatic rings. The second-order valence-electron chi connectivity index (χ2n) is 9.69. The molecule has 0 aliphatic carbocycles. The van der Waals surface area contributed by atoms with Gasteiger partial charge in [-0.3, -0.25) is 4.79 Å². The topological polar surface area (TPSA) is 79.9 Å². The van der Waals surface area contributed by atoms with E-state index in [0.717, 1.165) is 24.3 Å². The minimum absolute atomic E-state index is 0.0657. The highest BCUT2D eigenvalue weighted by Gasteiger charge is 2.37. The largest absolute Gasteiger partial charge is 0.417 e. The maximum atomic E-state index is 14.5. The van der Waals surface area contributed by atoms with E-state index >= 15 is 0 Å². The summed E-state index contributed by atoms with van der Waals surface area (Å²) in [6.07, 6.45) is -9.89. The highest BCUT2D eigenvalue weighted by Crippen LogP contribution is 2.37. The fourth-order valence-electron chi connectivity index (χ4n) is 4.52. The van der Waals surface area contributed by atoms with Crippen molar-refractivity contribution in [3.8, 4) is 28.5 Å². The molecular formula is C30H20F8N2O3S. The molecule has 3 aromatic carbocycles. The summed E-state index contributed by atoms with van der Waals surface area (Å²) in [5.41, 5.74) is -6.33. The molecule has 230 valence electrons. The van der Waals surface area contributed by atoms with Gasteiger partial charge in [-0.05, 0) is 53.4 Å². The number of alkyl halides is 6. The van der Waals surface area contributed by atoms with Crippen molar-refractivity contribution < 1.29 is 43.5 Å². The Labute approximate surface area is 245 Å². The second kappa shape index (κ2) is 11.9. The first-order valence-electron chi connectivity index (χ1n) is 12.7. The fourth-order valence-corrected chi connectivity index (χ4v) is 5.91. The molecule has 4 rings (SSSR count).